The summed E-state index contributed by atoms with van der Waals surface area (Å²) in [6, 6.07) is 8.33. The Bertz CT molecular complexity index is 602. The smallest absolute Gasteiger partial charge is 0.201 e. The fourth-order valence-corrected chi connectivity index (χ4v) is 1.97. The van der Waals surface area contributed by atoms with Crippen LogP contribution in [0.3, 0.4) is 0 Å². The molecule has 0 aliphatic carbocycles. The highest BCUT2D eigenvalue weighted by atomic mass is 35.5. The molecule has 0 aliphatic heterocycles. The van der Waals surface area contributed by atoms with Crippen molar-refractivity contribution in [1.82, 2.24) is 0 Å². The highest BCUT2D eigenvalue weighted by Gasteiger charge is 2.11. The Morgan fingerprint density at radius 3 is 2.58 bits per heavy atom. The van der Waals surface area contributed by atoms with Gasteiger partial charge in [0.25, 0.3) is 0 Å². The van der Waals surface area contributed by atoms with Crippen LogP contribution in [-0.4, -0.2) is 0 Å². The third-order valence-corrected chi connectivity index (χ3v) is 2.93. The third-order valence-electron chi connectivity index (χ3n) is 2.61. The topological polar surface area (TPSA) is 35.2 Å². The summed E-state index contributed by atoms with van der Waals surface area (Å²) in [6.07, 6.45) is 0. The lowest BCUT2D eigenvalue weighted by Crippen LogP contribution is -2.05. The lowest BCUT2D eigenvalue weighted by atomic mass is 10.1. The van der Waals surface area contributed by atoms with E-state index in [2.05, 4.69) is 0 Å². The summed E-state index contributed by atoms with van der Waals surface area (Å²) in [7, 11) is 0. The molecule has 2 aromatic carbocycles. The van der Waals surface area contributed by atoms with Crippen molar-refractivity contribution < 1.29 is 13.5 Å². The standard InChI is InChI=1S/C14H12ClF2NO/c1-8(18)10-6-5-9(7-11(10)15)19-13-4-2-3-12(16)14(13)17/h2-8H,18H2,1H3. The van der Waals surface area contributed by atoms with E-state index < -0.39 is 11.6 Å². The van der Waals surface area contributed by atoms with Gasteiger partial charge in [-0.3, -0.25) is 0 Å². The van der Waals surface area contributed by atoms with Gasteiger partial charge in [-0.2, -0.15) is 4.39 Å². The predicted octanol–water partition coefficient (Wildman–Crippen LogP) is 4.43. The van der Waals surface area contributed by atoms with E-state index in [0.29, 0.717) is 10.8 Å². The highest BCUT2D eigenvalue weighted by Crippen LogP contribution is 2.30. The van der Waals surface area contributed by atoms with Gasteiger partial charge in [-0.1, -0.05) is 23.7 Å². The maximum Gasteiger partial charge on any atom is 0.201 e. The van der Waals surface area contributed by atoms with Crippen molar-refractivity contribution in [2.75, 3.05) is 0 Å². The van der Waals surface area contributed by atoms with Crippen molar-refractivity contribution in [1.29, 1.82) is 0 Å². The van der Waals surface area contributed by atoms with E-state index >= 15 is 0 Å². The van der Waals surface area contributed by atoms with E-state index in [1.165, 1.54) is 18.2 Å². The molecule has 0 aromatic heterocycles. The van der Waals surface area contributed by atoms with E-state index in [9.17, 15) is 8.78 Å². The zero-order valence-electron chi connectivity index (χ0n) is 10.2. The first-order chi connectivity index (χ1) is 8.99. The first kappa shape index (κ1) is 13.8. The van der Waals surface area contributed by atoms with Gasteiger partial charge in [-0.25, -0.2) is 4.39 Å². The van der Waals surface area contributed by atoms with Crippen LogP contribution < -0.4 is 10.5 Å². The number of halogens is 3. The minimum Gasteiger partial charge on any atom is -0.454 e. The molecule has 1 atom stereocenters. The summed E-state index contributed by atoms with van der Waals surface area (Å²) in [5, 5.41) is 0.421. The summed E-state index contributed by atoms with van der Waals surface area (Å²) in [5.41, 5.74) is 6.48. The fourth-order valence-electron chi connectivity index (χ4n) is 1.63. The van der Waals surface area contributed by atoms with Crippen molar-refractivity contribution in [3.63, 3.8) is 0 Å². The molecule has 0 radical (unpaired) electrons. The van der Waals surface area contributed by atoms with Crippen LogP contribution in [0, 0.1) is 11.6 Å². The monoisotopic (exact) mass is 283 g/mol. The van der Waals surface area contributed by atoms with Crippen LogP contribution >= 0.6 is 11.6 Å². The van der Waals surface area contributed by atoms with Gasteiger partial charge in [-0.15, -0.1) is 0 Å². The van der Waals surface area contributed by atoms with Crippen molar-refractivity contribution >= 4 is 11.6 Å². The molecule has 0 bridgehead atoms. The van der Waals surface area contributed by atoms with E-state index in [-0.39, 0.29) is 11.8 Å². The molecule has 100 valence electrons. The van der Waals surface area contributed by atoms with Gasteiger partial charge in [0.1, 0.15) is 5.75 Å². The Morgan fingerprint density at radius 2 is 1.95 bits per heavy atom. The molecule has 0 spiro atoms. The molecular formula is C14H12ClF2NO. The molecule has 2 rings (SSSR count). The predicted molar refractivity (Wildman–Crippen MR) is 70.5 cm³/mol. The molecule has 0 aliphatic rings. The molecule has 1 unspecified atom stereocenters. The molecule has 2 nitrogen and oxygen atoms in total. The molecule has 0 heterocycles. The first-order valence-electron chi connectivity index (χ1n) is 5.66. The van der Waals surface area contributed by atoms with E-state index in [4.69, 9.17) is 22.1 Å². The van der Waals surface area contributed by atoms with Crippen LogP contribution in [0.15, 0.2) is 36.4 Å². The number of rotatable bonds is 3. The van der Waals surface area contributed by atoms with Gasteiger partial charge in [0.15, 0.2) is 11.6 Å². The van der Waals surface area contributed by atoms with Crippen LogP contribution in [0.4, 0.5) is 8.78 Å². The van der Waals surface area contributed by atoms with Crippen molar-refractivity contribution in [2.45, 2.75) is 13.0 Å². The largest absolute Gasteiger partial charge is 0.454 e. The quantitative estimate of drug-likeness (QED) is 0.904. The number of nitrogens with two attached hydrogens (primary N) is 1. The van der Waals surface area contributed by atoms with E-state index in [1.807, 2.05) is 0 Å². The Balaban J connectivity index is 2.29. The van der Waals surface area contributed by atoms with Gasteiger partial charge < -0.3 is 10.5 Å². The molecule has 0 amide bonds. The summed E-state index contributed by atoms with van der Waals surface area (Å²) >= 11 is 6.03. The van der Waals surface area contributed by atoms with Crippen LogP contribution in [0.2, 0.25) is 5.02 Å². The minimum atomic E-state index is -1.03. The summed E-state index contributed by atoms with van der Waals surface area (Å²) < 4.78 is 31.7. The summed E-state index contributed by atoms with van der Waals surface area (Å²) in [5.74, 6) is -1.87. The second kappa shape index (κ2) is 5.55. The normalized spacial score (nSPS) is 12.3. The third kappa shape index (κ3) is 3.03. The molecular weight excluding hydrogens is 272 g/mol. The SMILES string of the molecule is CC(N)c1ccc(Oc2cccc(F)c2F)cc1Cl. The average molecular weight is 284 g/mol. The molecule has 5 heteroatoms. The van der Waals surface area contributed by atoms with Crippen LogP contribution in [0.1, 0.15) is 18.5 Å². The van der Waals surface area contributed by atoms with Gasteiger partial charge in [0.05, 0.1) is 0 Å². The number of hydrogen-bond donors (Lipinski definition) is 1. The highest BCUT2D eigenvalue weighted by molar-refractivity contribution is 6.31. The van der Waals surface area contributed by atoms with Gasteiger partial charge in [-0.05, 0) is 36.8 Å². The molecule has 2 N–H and O–H groups in total. The maximum atomic E-state index is 13.4. The lowest BCUT2D eigenvalue weighted by molar-refractivity contribution is 0.416. The average Bonchev–Trinajstić information content (AvgIpc) is 2.34. The second-order valence-corrected chi connectivity index (χ2v) is 4.53. The lowest BCUT2D eigenvalue weighted by Gasteiger charge is -2.11. The van der Waals surface area contributed by atoms with Crippen LogP contribution in [0.5, 0.6) is 11.5 Å². The van der Waals surface area contributed by atoms with Crippen LogP contribution in [-0.2, 0) is 0 Å². The van der Waals surface area contributed by atoms with Crippen LogP contribution in [0.25, 0.3) is 0 Å². The van der Waals surface area contributed by atoms with E-state index in [1.54, 1.807) is 19.1 Å². The fraction of sp³-hybridized carbons (Fsp3) is 0.143. The van der Waals surface area contributed by atoms with Gasteiger partial charge in [0, 0.05) is 11.1 Å². The maximum absolute atomic E-state index is 13.4. The Morgan fingerprint density at radius 1 is 1.21 bits per heavy atom. The van der Waals surface area contributed by atoms with E-state index in [0.717, 1.165) is 11.6 Å². The number of benzene rings is 2. The van der Waals surface area contributed by atoms with Crippen molar-refractivity contribution in [3.05, 3.63) is 58.6 Å². The minimum absolute atomic E-state index is 0.190. The first-order valence-corrected chi connectivity index (χ1v) is 6.03. The summed E-state index contributed by atoms with van der Waals surface area (Å²) in [6.45, 7) is 1.80. The number of ether oxygens (including phenoxy) is 1. The molecule has 0 saturated heterocycles. The molecule has 0 saturated carbocycles. The molecule has 0 fully saturated rings. The Labute approximate surface area is 114 Å². The summed E-state index contributed by atoms with van der Waals surface area (Å²) in [4.78, 5) is 0. The zero-order valence-corrected chi connectivity index (χ0v) is 10.9. The molecule has 19 heavy (non-hydrogen) atoms. The van der Waals surface area contributed by atoms with Crippen molar-refractivity contribution in [3.8, 4) is 11.5 Å². The van der Waals surface area contributed by atoms with Crippen molar-refractivity contribution in [2.24, 2.45) is 5.73 Å². The van der Waals surface area contributed by atoms with Gasteiger partial charge in [0.2, 0.25) is 5.82 Å². The Hall–Kier alpha value is -1.65. The zero-order chi connectivity index (χ0) is 14.0. The Kier molecular flexibility index (Phi) is 4.02. The van der Waals surface area contributed by atoms with Gasteiger partial charge >= 0.3 is 0 Å². The second-order valence-electron chi connectivity index (χ2n) is 4.13. The number of hydrogen-bond acceptors (Lipinski definition) is 2. The molecule has 2 aromatic rings.